The van der Waals surface area contributed by atoms with Gasteiger partial charge in [-0.2, -0.15) is 13.2 Å². The monoisotopic (exact) mass is 417 g/mol. The molecule has 6 nitrogen and oxygen atoms in total. The van der Waals surface area contributed by atoms with Crippen LogP contribution in [0.1, 0.15) is 12.0 Å². The van der Waals surface area contributed by atoms with E-state index in [-0.39, 0.29) is 26.2 Å². The largest absolute Gasteiger partial charge is 0.490 e. The fraction of sp³-hybridized carbons (Fsp3) is 0.278. The van der Waals surface area contributed by atoms with Crippen LogP contribution in [0.25, 0.3) is 0 Å². The van der Waals surface area contributed by atoms with E-state index >= 15 is 0 Å². The van der Waals surface area contributed by atoms with Crippen molar-refractivity contribution >= 4 is 16.0 Å². The summed E-state index contributed by atoms with van der Waals surface area (Å²) in [6.45, 7) is -0.198. The van der Waals surface area contributed by atoms with Crippen molar-refractivity contribution < 1.29 is 35.9 Å². The summed E-state index contributed by atoms with van der Waals surface area (Å²) in [6.07, 6.45) is -4.93. The van der Waals surface area contributed by atoms with Gasteiger partial charge in [-0.15, -0.1) is 0 Å². The van der Waals surface area contributed by atoms with Crippen molar-refractivity contribution in [3.63, 3.8) is 0 Å². The maximum atomic E-state index is 12.7. The van der Waals surface area contributed by atoms with E-state index < -0.39 is 32.6 Å². The molecule has 0 heterocycles. The van der Waals surface area contributed by atoms with Gasteiger partial charge in [0.1, 0.15) is 19.0 Å². The average molecular weight is 417 g/mol. The van der Waals surface area contributed by atoms with Crippen molar-refractivity contribution in [3.8, 4) is 5.75 Å². The lowest BCUT2D eigenvalue weighted by molar-refractivity contribution is -0.144. The molecule has 10 heteroatoms. The number of para-hydroxylation sites is 1. The van der Waals surface area contributed by atoms with Crippen LogP contribution in [0.3, 0.4) is 0 Å². The van der Waals surface area contributed by atoms with Gasteiger partial charge in [0.05, 0.1) is 16.9 Å². The summed E-state index contributed by atoms with van der Waals surface area (Å²) in [7, 11) is -4.18. The summed E-state index contributed by atoms with van der Waals surface area (Å²) in [5.74, 6) is -0.0456. The van der Waals surface area contributed by atoms with E-state index in [0.717, 1.165) is 18.2 Å². The van der Waals surface area contributed by atoms with Gasteiger partial charge in [-0.05, 0) is 30.3 Å². The Kier molecular flexibility index (Phi) is 7.41. The van der Waals surface area contributed by atoms with Gasteiger partial charge < -0.3 is 9.47 Å². The molecule has 0 atom stereocenters. The zero-order valence-corrected chi connectivity index (χ0v) is 15.4. The Morgan fingerprint density at radius 1 is 1.00 bits per heavy atom. The summed E-state index contributed by atoms with van der Waals surface area (Å²) >= 11 is 0. The second-order valence-corrected chi connectivity index (χ2v) is 7.32. The van der Waals surface area contributed by atoms with Crippen molar-refractivity contribution in [3.05, 3.63) is 60.2 Å². The minimum Gasteiger partial charge on any atom is -0.490 e. The van der Waals surface area contributed by atoms with Gasteiger partial charge in [0.2, 0.25) is 10.0 Å². The number of esters is 1. The molecule has 0 aromatic heterocycles. The molecule has 0 bridgehead atoms. The molecule has 0 saturated carbocycles. The predicted octanol–water partition coefficient (Wildman–Crippen LogP) is 3.00. The SMILES string of the molecule is O=C(CCNS(=O)(=O)c1cccc(C(F)(F)F)c1)OCCOc1ccccc1. The molecule has 0 saturated heterocycles. The Bertz CT molecular complexity index is 886. The molecule has 0 unspecified atom stereocenters. The standard InChI is InChI=1S/C18H18F3NO5S/c19-18(20,21)14-5-4-8-16(13-14)28(24,25)22-10-9-17(23)27-12-11-26-15-6-2-1-3-7-15/h1-8,13,22H,9-12H2. The Morgan fingerprint density at radius 3 is 2.39 bits per heavy atom. The maximum absolute atomic E-state index is 12.7. The van der Waals surface area contributed by atoms with Crippen molar-refractivity contribution in [2.75, 3.05) is 19.8 Å². The first-order chi connectivity index (χ1) is 13.2. The van der Waals surface area contributed by atoms with Crippen LogP contribution in [0.4, 0.5) is 13.2 Å². The first kappa shape index (κ1) is 21.7. The quantitative estimate of drug-likeness (QED) is 0.501. The third-order valence-corrected chi connectivity index (χ3v) is 4.91. The fourth-order valence-electron chi connectivity index (χ4n) is 2.11. The van der Waals surface area contributed by atoms with Gasteiger partial charge in [-0.1, -0.05) is 24.3 Å². The highest BCUT2D eigenvalue weighted by Crippen LogP contribution is 2.30. The summed E-state index contributed by atoms with van der Waals surface area (Å²) in [6, 6.07) is 12.2. The van der Waals surface area contributed by atoms with Gasteiger partial charge in [-0.3, -0.25) is 4.79 Å². The van der Waals surface area contributed by atoms with E-state index in [1.54, 1.807) is 24.3 Å². The Morgan fingerprint density at radius 2 is 1.71 bits per heavy atom. The molecule has 0 aliphatic rings. The number of ether oxygens (including phenoxy) is 2. The lowest BCUT2D eigenvalue weighted by atomic mass is 10.2. The van der Waals surface area contributed by atoms with Crippen LogP contribution >= 0.6 is 0 Å². The molecule has 28 heavy (non-hydrogen) atoms. The molecule has 0 spiro atoms. The van der Waals surface area contributed by atoms with Crippen molar-refractivity contribution in [2.45, 2.75) is 17.5 Å². The molecular weight excluding hydrogens is 399 g/mol. The van der Waals surface area contributed by atoms with Crippen LogP contribution in [0.5, 0.6) is 5.75 Å². The highest BCUT2D eigenvalue weighted by atomic mass is 32.2. The lowest BCUT2D eigenvalue weighted by Crippen LogP contribution is -2.27. The van der Waals surface area contributed by atoms with E-state index in [0.29, 0.717) is 11.8 Å². The number of hydrogen-bond donors (Lipinski definition) is 1. The second kappa shape index (κ2) is 9.56. The normalized spacial score (nSPS) is 11.8. The van der Waals surface area contributed by atoms with E-state index in [9.17, 15) is 26.4 Å². The number of carbonyl (C=O) groups excluding carboxylic acids is 1. The molecule has 0 aliphatic carbocycles. The third-order valence-electron chi connectivity index (χ3n) is 3.45. The van der Waals surface area contributed by atoms with Crippen molar-refractivity contribution in [1.82, 2.24) is 4.72 Å². The van der Waals surface area contributed by atoms with Crippen LogP contribution < -0.4 is 9.46 Å². The summed E-state index contributed by atoms with van der Waals surface area (Å²) < 4.78 is 74.5. The number of hydrogen-bond acceptors (Lipinski definition) is 5. The zero-order chi connectivity index (χ0) is 20.6. The molecular formula is C18H18F3NO5S. The van der Waals surface area contributed by atoms with Crippen LogP contribution in [0.2, 0.25) is 0 Å². The Balaban J connectivity index is 1.75. The molecule has 0 aliphatic heterocycles. The third kappa shape index (κ3) is 6.86. The van der Waals surface area contributed by atoms with Gasteiger partial charge in [0.15, 0.2) is 0 Å². The molecule has 152 valence electrons. The van der Waals surface area contributed by atoms with Crippen LogP contribution in [-0.4, -0.2) is 34.1 Å². The highest BCUT2D eigenvalue weighted by molar-refractivity contribution is 7.89. The summed E-state index contributed by atoms with van der Waals surface area (Å²) in [4.78, 5) is 11.1. The number of nitrogens with one attached hydrogen (secondary N) is 1. The number of alkyl halides is 3. The van der Waals surface area contributed by atoms with E-state index in [1.165, 1.54) is 0 Å². The highest BCUT2D eigenvalue weighted by Gasteiger charge is 2.31. The molecule has 0 amide bonds. The molecule has 1 N–H and O–H groups in total. The molecule has 2 aromatic rings. The van der Waals surface area contributed by atoms with E-state index in [4.69, 9.17) is 9.47 Å². The summed E-state index contributed by atoms with van der Waals surface area (Å²) in [5, 5.41) is 0. The predicted molar refractivity (Wildman–Crippen MR) is 94.1 cm³/mol. The minimum absolute atomic E-state index is 0.0197. The van der Waals surface area contributed by atoms with Crippen LogP contribution in [0.15, 0.2) is 59.5 Å². The number of benzene rings is 2. The van der Waals surface area contributed by atoms with Gasteiger partial charge in [0, 0.05) is 6.54 Å². The van der Waals surface area contributed by atoms with E-state index in [1.807, 2.05) is 6.07 Å². The number of carbonyl (C=O) groups is 1. The lowest BCUT2D eigenvalue weighted by Gasteiger charge is -2.10. The van der Waals surface area contributed by atoms with Crippen LogP contribution in [-0.2, 0) is 25.7 Å². The fourth-order valence-corrected chi connectivity index (χ4v) is 3.19. The Hall–Kier alpha value is -2.59. The topological polar surface area (TPSA) is 81.7 Å². The average Bonchev–Trinajstić information content (AvgIpc) is 2.65. The van der Waals surface area contributed by atoms with Gasteiger partial charge >= 0.3 is 12.1 Å². The van der Waals surface area contributed by atoms with Crippen LogP contribution in [0, 0.1) is 0 Å². The van der Waals surface area contributed by atoms with Crippen molar-refractivity contribution in [2.24, 2.45) is 0 Å². The first-order valence-electron chi connectivity index (χ1n) is 8.19. The summed E-state index contributed by atoms with van der Waals surface area (Å²) in [5.41, 5.74) is -1.08. The number of halogens is 3. The van der Waals surface area contributed by atoms with Gasteiger partial charge in [0.25, 0.3) is 0 Å². The Labute approximate surface area is 160 Å². The number of rotatable bonds is 9. The number of sulfonamides is 1. The molecule has 2 aromatic carbocycles. The van der Waals surface area contributed by atoms with Crippen molar-refractivity contribution in [1.29, 1.82) is 0 Å². The molecule has 0 fully saturated rings. The molecule has 0 radical (unpaired) electrons. The first-order valence-corrected chi connectivity index (χ1v) is 9.67. The smallest absolute Gasteiger partial charge is 0.416 e. The second-order valence-electron chi connectivity index (χ2n) is 5.56. The zero-order valence-electron chi connectivity index (χ0n) is 14.6. The van der Waals surface area contributed by atoms with Gasteiger partial charge in [-0.25, -0.2) is 13.1 Å². The minimum atomic E-state index is -4.66. The maximum Gasteiger partial charge on any atom is 0.416 e. The van der Waals surface area contributed by atoms with E-state index in [2.05, 4.69) is 4.72 Å². The molecule has 2 rings (SSSR count).